The van der Waals surface area contributed by atoms with Crippen molar-refractivity contribution < 1.29 is 13.2 Å². The number of benzene rings is 2. The molecule has 2 rings (SSSR count). The number of carbonyl (C=O) groups excluding carboxylic acids is 1. The Bertz CT molecular complexity index is 753. The minimum Gasteiger partial charge on any atom is -0.399 e. The van der Waals surface area contributed by atoms with Crippen LogP contribution in [0.2, 0.25) is 0 Å². The molecule has 0 radical (unpaired) electrons. The van der Waals surface area contributed by atoms with Gasteiger partial charge in [0.25, 0.3) is 0 Å². The smallest absolute Gasteiger partial charge is 0.232 e. The lowest BCUT2D eigenvalue weighted by molar-refractivity contribution is 0.103. The molecule has 0 amide bonds. The van der Waals surface area contributed by atoms with Crippen molar-refractivity contribution in [2.45, 2.75) is 6.92 Å². The highest BCUT2D eigenvalue weighted by atomic mass is 32.2. The fraction of sp³-hybridized carbons (Fsp3) is 0.133. The number of hydrogen-bond donors (Lipinski definition) is 2. The van der Waals surface area contributed by atoms with Crippen LogP contribution in [0.1, 0.15) is 22.8 Å². The van der Waals surface area contributed by atoms with E-state index in [0.29, 0.717) is 22.5 Å². The normalized spacial score (nSPS) is 11.1. The molecule has 5 nitrogen and oxygen atoms in total. The fourth-order valence-electron chi connectivity index (χ4n) is 1.79. The number of nitrogens with two attached hydrogens (primary N) is 1. The van der Waals surface area contributed by atoms with Crippen LogP contribution in [0.25, 0.3) is 0 Å². The highest BCUT2D eigenvalue weighted by Gasteiger charge is 2.10. The maximum absolute atomic E-state index is 12.3. The lowest BCUT2D eigenvalue weighted by Gasteiger charge is -2.07. The highest BCUT2D eigenvalue weighted by molar-refractivity contribution is 7.92. The first-order valence-electron chi connectivity index (χ1n) is 6.42. The van der Waals surface area contributed by atoms with E-state index >= 15 is 0 Å². The average Bonchev–Trinajstić information content (AvgIpc) is 2.47. The van der Waals surface area contributed by atoms with Crippen LogP contribution < -0.4 is 10.5 Å². The number of nitrogens with one attached hydrogen (secondary N) is 1. The Balaban J connectivity index is 2.21. The maximum atomic E-state index is 12.3. The van der Waals surface area contributed by atoms with Crippen molar-refractivity contribution in [1.29, 1.82) is 0 Å². The van der Waals surface area contributed by atoms with Crippen LogP contribution in [0, 0.1) is 0 Å². The van der Waals surface area contributed by atoms with Crippen LogP contribution >= 0.6 is 0 Å². The van der Waals surface area contributed by atoms with Gasteiger partial charge in [-0.1, -0.05) is 12.1 Å². The monoisotopic (exact) mass is 304 g/mol. The molecule has 0 aliphatic carbocycles. The molecule has 0 fully saturated rings. The van der Waals surface area contributed by atoms with Gasteiger partial charge >= 0.3 is 0 Å². The third kappa shape index (κ3) is 3.82. The quantitative estimate of drug-likeness (QED) is 0.655. The van der Waals surface area contributed by atoms with Gasteiger partial charge in [-0.2, -0.15) is 0 Å². The summed E-state index contributed by atoms with van der Waals surface area (Å²) < 4.78 is 25.3. The first-order valence-corrected chi connectivity index (χ1v) is 8.07. The van der Waals surface area contributed by atoms with Crippen molar-refractivity contribution in [1.82, 2.24) is 0 Å². The van der Waals surface area contributed by atoms with Crippen molar-refractivity contribution in [2.24, 2.45) is 0 Å². The van der Waals surface area contributed by atoms with Crippen LogP contribution in [0.5, 0.6) is 0 Å². The summed E-state index contributed by atoms with van der Waals surface area (Å²) in [4.78, 5) is 12.3. The molecule has 3 N–H and O–H groups in total. The van der Waals surface area contributed by atoms with Crippen molar-refractivity contribution in [3.63, 3.8) is 0 Å². The zero-order chi connectivity index (χ0) is 15.5. The van der Waals surface area contributed by atoms with Gasteiger partial charge in [0.15, 0.2) is 5.78 Å². The molecule has 0 spiro atoms. The lowest BCUT2D eigenvalue weighted by atomic mass is 10.0. The summed E-state index contributed by atoms with van der Waals surface area (Å²) in [5.41, 5.74) is 7.58. The summed E-state index contributed by atoms with van der Waals surface area (Å²) in [7, 11) is -3.31. The lowest BCUT2D eigenvalue weighted by Crippen LogP contribution is -2.14. The molecule has 6 heteroatoms. The summed E-state index contributed by atoms with van der Waals surface area (Å²) in [6.07, 6.45) is 0. The molecular formula is C15H16N2O3S. The number of anilines is 2. The van der Waals surface area contributed by atoms with Crippen LogP contribution in [-0.2, 0) is 10.0 Å². The van der Waals surface area contributed by atoms with E-state index in [2.05, 4.69) is 4.72 Å². The van der Waals surface area contributed by atoms with Gasteiger partial charge in [-0.25, -0.2) is 8.42 Å². The van der Waals surface area contributed by atoms with Gasteiger partial charge < -0.3 is 5.73 Å². The molecule has 110 valence electrons. The SMILES string of the molecule is CCS(=O)(=O)Nc1ccc(C(=O)c2cccc(N)c2)cc1. The van der Waals surface area contributed by atoms with E-state index < -0.39 is 10.0 Å². The minimum absolute atomic E-state index is 0.00300. The van der Waals surface area contributed by atoms with E-state index in [0.717, 1.165) is 0 Å². The Morgan fingerprint density at radius 3 is 2.33 bits per heavy atom. The Labute approximate surface area is 123 Å². The zero-order valence-corrected chi connectivity index (χ0v) is 12.4. The van der Waals surface area contributed by atoms with Gasteiger partial charge in [0.2, 0.25) is 10.0 Å². The molecule has 2 aromatic rings. The molecule has 0 atom stereocenters. The fourth-order valence-corrected chi connectivity index (χ4v) is 2.43. The van der Waals surface area contributed by atoms with E-state index in [-0.39, 0.29) is 11.5 Å². The summed E-state index contributed by atoms with van der Waals surface area (Å²) in [6.45, 7) is 1.56. The molecule has 2 aromatic carbocycles. The molecule has 0 aliphatic heterocycles. The Kier molecular flexibility index (Phi) is 4.28. The molecule has 0 aliphatic rings. The van der Waals surface area contributed by atoms with Crippen LogP contribution in [0.3, 0.4) is 0 Å². The molecule has 0 saturated heterocycles. The van der Waals surface area contributed by atoms with Gasteiger partial charge in [0, 0.05) is 22.5 Å². The molecule has 0 saturated carbocycles. The van der Waals surface area contributed by atoms with Crippen molar-refractivity contribution >= 4 is 27.2 Å². The van der Waals surface area contributed by atoms with Gasteiger partial charge in [0.1, 0.15) is 0 Å². The molecule has 0 bridgehead atoms. The second-order valence-electron chi connectivity index (χ2n) is 4.54. The Morgan fingerprint density at radius 1 is 1.10 bits per heavy atom. The zero-order valence-electron chi connectivity index (χ0n) is 11.5. The predicted octanol–water partition coefficient (Wildman–Crippen LogP) is 2.26. The third-order valence-electron chi connectivity index (χ3n) is 2.95. The summed E-state index contributed by atoms with van der Waals surface area (Å²) >= 11 is 0. The van der Waals surface area contributed by atoms with Crippen LogP contribution in [0.4, 0.5) is 11.4 Å². The first-order chi connectivity index (χ1) is 9.91. The van der Waals surface area contributed by atoms with Gasteiger partial charge in [-0.15, -0.1) is 0 Å². The largest absolute Gasteiger partial charge is 0.399 e. The number of carbonyl (C=O) groups is 1. The van der Waals surface area contributed by atoms with Crippen LogP contribution in [-0.4, -0.2) is 20.0 Å². The standard InChI is InChI=1S/C15H16N2O3S/c1-2-21(19,20)17-14-8-6-11(7-9-14)15(18)12-4-3-5-13(16)10-12/h3-10,17H,2,16H2,1H3. The van der Waals surface area contributed by atoms with E-state index in [1.54, 1.807) is 55.5 Å². The first kappa shape index (κ1) is 15.1. The van der Waals surface area contributed by atoms with Crippen molar-refractivity contribution in [3.05, 3.63) is 59.7 Å². The van der Waals surface area contributed by atoms with Crippen molar-refractivity contribution in [2.75, 3.05) is 16.2 Å². The second-order valence-corrected chi connectivity index (χ2v) is 6.55. The molecule has 0 unspecified atom stereocenters. The maximum Gasteiger partial charge on any atom is 0.232 e. The number of rotatable bonds is 5. The Hall–Kier alpha value is -2.34. The number of hydrogen-bond acceptors (Lipinski definition) is 4. The molecule has 0 heterocycles. The molecule has 21 heavy (non-hydrogen) atoms. The Morgan fingerprint density at radius 2 is 1.76 bits per heavy atom. The van der Waals surface area contributed by atoms with E-state index in [9.17, 15) is 13.2 Å². The van der Waals surface area contributed by atoms with Gasteiger partial charge in [0.05, 0.1) is 5.75 Å². The topological polar surface area (TPSA) is 89.3 Å². The predicted molar refractivity (Wildman–Crippen MR) is 83.8 cm³/mol. The molecular weight excluding hydrogens is 288 g/mol. The van der Waals surface area contributed by atoms with E-state index in [1.165, 1.54) is 0 Å². The van der Waals surface area contributed by atoms with E-state index in [1.807, 2.05) is 0 Å². The highest BCUT2D eigenvalue weighted by Crippen LogP contribution is 2.16. The summed E-state index contributed by atoms with van der Waals surface area (Å²) in [5, 5.41) is 0. The number of sulfonamides is 1. The van der Waals surface area contributed by atoms with Crippen LogP contribution in [0.15, 0.2) is 48.5 Å². The number of ketones is 1. The van der Waals surface area contributed by atoms with Gasteiger partial charge in [-0.3, -0.25) is 9.52 Å². The second kappa shape index (κ2) is 5.97. The number of nitrogen functional groups attached to an aromatic ring is 1. The third-order valence-corrected chi connectivity index (χ3v) is 4.26. The minimum atomic E-state index is -3.31. The average molecular weight is 304 g/mol. The molecule has 0 aromatic heterocycles. The van der Waals surface area contributed by atoms with E-state index in [4.69, 9.17) is 5.73 Å². The van der Waals surface area contributed by atoms with Crippen molar-refractivity contribution in [3.8, 4) is 0 Å². The van der Waals surface area contributed by atoms with Gasteiger partial charge in [-0.05, 0) is 43.3 Å². The summed E-state index contributed by atoms with van der Waals surface area (Å²) in [6, 6.07) is 13.0. The summed E-state index contributed by atoms with van der Waals surface area (Å²) in [5.74, 6) is -0.163.